The van der Waals surface area contributed by atoms with Crippen LogP contribution in [0.2, 0.25) is 0 Å². The molecule has 0 aromatic carbocycles. The molecule has 2 saturated carbocycles. The number of ketones is 1. The Morgan fingerprint density at radius 2 is 1.76 bits per heavy atom. The summed E-state index contributed by atoms with van der Waals surface area (Å²) in [5.41, 5.74) is -1.69. The van der Waals surface area contributed by atoms with Crippen molar-refractivity contribution in [2.24, 2.45) is 40.4 Å². The average molecular weight is 459 g/mol. The summed E-state index contributed by atoms with van der Waals surface area (Å²) >= 11 is 0. The molecular weight excluding hydrogens is 416 g/mol. The van der Waals surface area contributed by atoms with Crippen LogP contribution in [-0.4, -0.2) is 39.8 Å². The molecule has 0 bridgehead atoms. The molecule has 3 aliphatic carbocycles. The van der Waals surface area contributed by atoms with Gasteiger partial charge in [-0.3, -0.25) is 9.59 Å². The predicted octanol–water partition coefficient (Wildman–Crippen LogP) is 4.61. The Balaban J connectivity index is 1.70. The third-order valence-electron chi connectivity index (χ3n) is 10.0. The molecule has 0 spiro atoms. The Bertz CT molecular complexity index is 874. The summed E-state index contributed by atoms with van der Waals surface area (Å²) in [6.45, 7) is 12.9. The van der Waals surface area contributed by atoms with Crippen molar-refractivity contribution in [1.29, 1.82) is 0 Å². The summed E-state index contributed by atoms with van der Waals surface area (Å²) in [4.78, 5) is 26.8. The Morgan fingerprint density at radius 3 is 2.42 bits per heavy atom. The molecule has 1 aliphatic heterocycles. The first kappa shape index (κ1) is 24.7. The topological polar surface area (TPSA) is 83.8 Å². The molecule has 184 valence electrons. The number of esters is 1. The highest BCUT2D eigenvalue weighted by atomic mass is 16.6. The van der Waals surface area contributed by atoms with E-state index in [1.54, 1.807) is 6.08 Å². The van der Waals surface area contributed by atoms with Crippen LogP contribution in [0, 0.1) is 40.4 Å². The van der Waals surface area contributed by atoms with Gasteiger partial charge in [-0.05, 0) is 61.9 Å². The summed E-state index contributed by atoms with van der Waals surface area (Å²) in [7, 11) is 0. The number of hydrogen-bond donors (Lipinski definition) is 2. The number of aliphatic hydroxyl groups excluding tert-OH is 2. The normalized spacial score (nSPS) is 45.1. The second kappa shape index (κ2) is 8.34. The minimum Gasteiger partial charge on any atom is -0.453 e. The van der Waals surface area contributed by atoms with Gasteiger partial charge < -0.3 is 14.9 Å². The summed E-state index contributed by atoms with van der Waals surface area (Å²) in [6, 6.07) is 0. The Kier molecular flexibility index (Phi) is 6.23. The van der Waals surface area contributed by atoms with Crippen LogP contribution >= 0.6 is 0 Å². The lowest BCUT2D eigenvalue weighted by atomic mass is 9.54. The maximum Gasteiger partial charge on any atom is 0.307 e. The monoisotopic (exact) mass is 458 g/mol. The van der Waals surface area contributed by atoms with Gasteiger partial charge in [-0.15, -0.1) is 0 Å². The number of allylic oxidation sites excluding steroid dienone is 2. The van der Waals surface area contributed by atoms with Gasteiger partial charge in [0.25, 0.3) is 0 Å². The fraction of sp³-hybridized carbons (Fsp3) is 0.786. The van der Waals surface area contributed by atoms with Gasteiger partial charge in [0.1, 0.15) is 5.60 Å². The second-order valence-electron chi connectivity index (χ2n) is 12.2. The van der Waals surface area contributed by atoms with Gasteiger partial charge in [0, 0.05) is 22.3 Å². The van der Waals surface area contributed by atoms with Crippen molar-refractivity contribution in [3.63, 3.8) is 0 Å². The van der Waals surface area contributed by atoms with E-state index in [1.807, 2.05) is 6.92 Å². The zero-order valence-electron chi connectivity index (χ0n) is 21.1. The molecule has 5 heteroatoms. The number of fused-ring (bicyclic) bond motifs is 2. The fourth-order valence-corrected chi connectivity index (χ4v) is 7.39. The van der Waals surface area contributed by atoms with E-state index in [1.165, 1.54) is 0 Å². The van der Waals surface area contributed by atoms with Gasteiger partial charge in [-0.25, -0.2) is 0 Å². The van der Waals surface area contributed by atoms with Crippen molar-refractivity contribution in [2.45, 2.75) is 97.9 Å². The number of carbonyl (C=O) groups excluding carboxylic acids is 2. The van der Waals surface area contributed by atoms with Crippen molar-refractivity contribution in [3.05, 3.63) is 23.8 Å². The number of ether oxygens (including phenoxy) is 1. The van der Waals surface area contributed by atoms with Crippen LogP contribution in [-0.2, 0) is 14.3 Å². The maximum absolute atomic E-state index is 14.0. The molecule has 4 aliphatic rings. The van der Waals surface area contributed by atoms with Crippen molar-refractivity contribution in [1.82, 2.24) is 0 Å². The minimum atomic E-state index is -0.970. The Labute approximate surface area is 198 Å². The first-order valence-corrected chi connectivity index (χ1v) is 12.9. The SMILES string of the molecule is CC(C)[C@@H](C)/C=C/[C@@H](C)[C@H]1CC[C@]2(C3=C[C@H](O)[C@@H]4C[C@H](O)CC[C@]4(C)C3=O)OC(=O)C[C@]12C. The van der Waals surface area contributed by atoms with Gasteiger partial charge >= 0.3 is 5.97 Å². The zero-order valence-corrected chi connectivity index (χ0v) is 21.1. The first-order chi connectivity index (χ1) is 15.4. The smallest absolute Gasteiger partial charge is 0.307 e. The molecule has 0 aromatic rings. The van der Waals surface area contributed by atoms with E-state index in [-0.39, 0.29) is 29.5 Å². The van der Waals surface area contributed by atoms with Gasteiger partial charge in [0.15, 0.2) is 5.78 Å². The molecule has 1 heterocycles. The van der Waals surface area contributed by atoms with Crippen LogP contribution in [0.15, 0.2) is 23.8 Å². The first-order valence-electron chi connectivity index (χ1n) is 12.9. The largest absolute Gasteiger partial charge is 0.453 e. The van der Waals surface area contributed by atoms with Crippen LogP contribution in [0.1, 0.15) is 80.1 Å². The number of rotatable bonds is 5. The van der Waals surface area contributed by atoms with E-state index in [2.05, 4.69) is 46.8 Å². The molecular formula is C28H42O5. The van der Waals surface area contributed by atoms with Crippen molar-refractivity contribution in [2.75, 3.05) is 0 Å². The van der Waals surface area contributed by atoms with Gasteiger partial charge in [-0.1, -0.05) is 53.7 Å². The molecule has 2 N–H and O–H groups in total. The van der Waals surface area contributed by atoms with Gasteiger partial charge in [-0.2, -0.15) is 0 Å². The zero-order chi connectivity index (χ0) is 24.3. The van der Waals surface area contributed by atoms with Crippen LogP contribution in [0.4, 0.5) is 0 Å². The lowest BCUT2D eigenvalue weighted by Gasteiger charge is -2.50. The van der Waals surface area contributed by atoms with Gasteiger partial charge in [0.05, 0.1) is 18.6 Å². The van der Waals surface area contributed by atoms with Crippen molar-refractivity contribution in [3.8, 4) is 0 Å². The highest BCUT2D eigenvalue weighted by Gasteiger charge is 2.70. The summed E-state index contributed by atoms with van der Waals surface area (Å²) in [5.74, 6) is 0.968. The maximum atomic E-state index is 14.0. The molecule has 0 amide bonds. The highest BCUT2D eigenvalue weighted by molar-refractivity contribution is 6.04. The van der Waals surface area contributed by atoms with E-state index in [4.69, 9.17) is 4.74 Å². The molecule has 9 atom stereocenters. The third-order valence-corrected chi connectivity index (χ3v) is 10.0. The number of aliphatic hydroxyl groups is 2. The predicted molar refractivity (Wildman–Crippen MR) is 127 cm³/mol. The highest BCUT2D eigenvalue weighted by Crippen LogP contribution is 2.65. The molecule has 0 unspecified atom stereocenters. The lowest BCUT2D eigenvalue weighted by Crippen LogP contribution is -2.56. The van der Waals surface area contributed by atoms with Crippen LogP contribution in [0.5, 0.6) is 0 Å². The molecule has 5 nitrogen and oxygen atoms in total. The number of hydrogen-bond acceptors (Lipinski definition) is 5. The average Bonchev–Trinajstić information content (AvgIpc) is 3.16. The van der Waals surface area contributed by atoms with Crippen molar-refractivity contribution >= 4 is 11.8 Å². The van der Waals surface area contributed by atoms with Crippen LogP contribution in [0.3, 0.4) is 0 Å². The Morgan fingerprint density at radius 1 is 1.06 bits per heavy atom. The fourth-order valence-electron chi connectivity index (χ4n) is 7.39. The molecule has 0 radical (unpaired) electrons. The minimum absolute atomic E-state index is 0.00269. The number of Topliss-reactive ketones (excluding diaryl/α,β-unsaturated/α-hetero) is 1. The quantitative estimate of drug-likeness (QED) is 0.464. The third kappa shape index (κ3) is 3.65. The molecule has 1 saturated heterocycles. The van der Waals surface area contributed by atoms with E-state index in [0.717, 1.165) is 6.42 Å². The van der Waals surface area contributed by atoms with Crippen LogP contribution in [0.25, 0.3) is 0 Å². The van der Waals surface area contributed by atoms with Gasteiger partial charge in [0.2, 0.25) is 0 Å². The molecule has 4 rings (SSSR count). The molecule has 3 fully saturated rings. The summed E-state index contributed by atoms with van der Waals surface area (Å²) in [5, 5.41) is 21.3. The van der Waals surface area contributed by atoms with E-state index in [9.17, 15) is 19.8 Å². The van der Waals surface area contributed by atoms with E-state index >= 15 is 0 Å². The van der Waals surface area contributed by atoms with E-state index < -0.39 is 28.6 Å². The molecule has 33 heavy (non-hydrogen) atoms. The lowest BCUT2D eigenvalue weighted by molar-refractivity contribution is -0.152. The number of carbonyl (C=O) groups is 2. The summed E-state index contributed by atoms with van der Waals surface area (Å²) in [6.07, 6.45) is 8.26. The second-order valence-corrected chi connectivity index (χ2v) is 12.2. The Hall–Kier alpha value is -1.46. The standard InChI is InChI=1S/C28H42O5/c1-16(2)17(3)7-8-18(4)20-10-12-28(27(20,6)15-24(31)33-28)22-14-23(30)21-13-19(29)9-11-26(21,5)25(22)32/h7-8,14,16-21,23,29-30H,9-13,15H2,1-6H3/b8-7+/t17-,18+,19+,20+,21-,23-,26-,27+,28+/m0/s1. The van der Waals surface area contributed by atoms with E-state index in [0.29, 0.717) is 49.5 Å². The van der Waals surface area contributed by atoms with Crippen LogP contribution < -0.4 is 0 Å². The van der Waals surface area contributed by atoms with Crippen molar-refractivity contribution < 1.29 is 24.5 Å². The summed E-state index contributed by atoms with van der Waals surface area (Å²) < 4.78 is 6.11. The molecule has 0 aromatic heterocycles.